The van der Waals surface area contributed by atoms with Gasteiger partial charge in [0.05, 0.1) is 0 Å². The third kappa shape index (κ3) is 2.73. The van der Waals surface area contributed by atoms with Crippen LogP contribution in [0, 0.1) is 0 Å². The van der Waals surface area contributed by atoms with Gasteiger partial charge in [0.1, 0.15) is 0 Å². The molecule has 5 nitrogen and oxygen atoms in total. The lowest BCUT2D eigenvalue weighted by molar-refractivity contribution is -0.212. The van der Waals surface area contributed by atoms with Gasteiger partial charge in [0.2, 0.25) is 0 Å². The summed E-state index contributed by atoms with van der Waals surface area (Å²) in [6.45, 7) is 6.60. The van der Waals surface area contributed by atoms with Crippen LogP contribution in [-0.4, -0.2) is 55.1 Å². The van der Waals surface area contributed by atoms with Crippen LogP contribution in [0.1, 0.15) is 19.8 Å². The van der Waals surface area contributed by atoms with Crippen molar-refractivity contribution < 1.29 is 14.3 Å². The van der Waals surface area contributed by atoms with Crippen LogP contribution in [0.3, 0.4) is 0 Å². The van der Waals surface area contributed by atoms with Gasteiger partial charge in [-0.15, -0.1) is 0 Å². The van der Waals surface area contributed by atoms with Crippen molar-refractivity contribution in [1.82, 2.24) is 9.80 Å². The third-order valence-corrected chi connectivity index (χ3v) is 2.94. The van der Waals surface area contributed by atoms with Gasteiger partial charge in [-0.3, -0.25) is 9.69 Å². The summed E-state index contributed by atoms with van der Waals surface area (Å²) >= 11 is 0. The molecule has 0 bridgehead atoms. The standard InChI is InChI=1S/C12H20N2O3/c1-10(2)11(16)17-12(9-15,13(3)4)14-7-5-6-8-14/h9H,1,5-8H2,2-4H3. The molecule has 0 aromatic carbocycles. The molecular weight excluding hydrogens is 220 g/mol. The first-order chi connectivity index (χ1) is 7.94. The van der Waals surface area contributed by atoms with E-state index < -0.39 is 11.8 Å². The predicted octanol–water partition coefficient (Wildman–Crippen LogP) is 0.616. The van der Waals surface area contributed by atoms with Crippen molar-refractivity contribution in [2.45, 2.75) is 25.6 Å². The maximum Gasteiger partial charge on any atom is 0.336 e. The Kier molecular flexibility index (Phi) is 4.42. The highest BCUT2D eigenvalue weighted by Gasteiger charge is 2.44. The lowest BCUT2D eigenvalue weighted by atomic mass is 10.3. The molecule has 0 aromatic rings. The minimum Gasteiger partial charge on any atom is -0.419 e. The summed E-state index contributed by atoms with van der Waals surface area (Å²) in [7, 11) is 3.44. The molecule has 1 heterocycles. The lowest BCUT2D eigenvalue weighted by Gasteiger charge is -2.40. The lowest BCUT2D eigenvalue weighted by Crippen LogP contribution is -2.61. The van der Waals surface area contributed by atoms with Gasteiger partial charge in [0.15, 0.2) is 6.29 Å². The topological polar surface area (TPSA) is 49.9 Å². The highest BCUT2D eigenvalue weighted by atomic mass is 16.6. The van der Waals surface area contributed by atoms with Gasteiger partial charge in [0.25, 0.3) is 5.85 Å². The van der Waals surface area contributed by atoms with Gasteiger partial charge in [-0.2, -0.15) is 0 Å². The van der Waals surface area contributed by atoms with Crippen molar-refractivity contribution in [2.24, 2.45) is 0 Å². The van der Waals surface area contributed by atoms with Gasteiger partial charge in [-0.25, -0.2) is 9.69 Å². The Hall–Kier alpha value is -1.20. The number of rotatable bonds is 5. The largest absolute Gasteiger partial charge is 0.419 e. The van der Waals surface area contributed by atoms with E-state index >= 15 is 0 Å². The zero-order valence-electron chi connectivity index (χ0n) is 10.7. The first-order valence-electron chi connectivity index (χ1n) is 5.71. The van der Waals surface area contributed by atoms with Crippen LogP contribution in [-0.2, 0) is 14.3 Å². The maximum absolute atomic E-state index is 11.6. The second-order valence-corrected chi connectivity index (χ2v) is 4.53. The van der Waals surface area contributed by atoms with Gasteiger partial charge in [-0.1, -0.05) is 6.58 Å². The van der Waals surface area contributed by atoms with Crippen molar-refractivity contribution in [2.75, 3.05) is 27.2 Å². The number of hydrogen-bond donors (Lipinski definition) is 0. The van der Waals surface area contributed by atoms with E-state index in [1.165, 1.54) is 0 Å². The Morgan fingerprint density at radius 3 is 2.29 bits per heavy atom. The number of hydrogen-bond acceptors (Lipinski definition) is 5. The molecular formula is C12H20N2O3. The molecule has 0 amide bonds. The molecule has 17 heavy (non-hydrogen) atoms. The molecule has 0 N–H and O–H groups in total. The molecule has 1 atom stereocenters. The molecule has 0 aliphatic carbocycles. The zero-order chi connectivity index (χ0) is 13.1. The first-order valence-corrected chi connectivity index (χ1v) is 5.71. The van der Waals surface area contributed by atoms with Crippen LogP contribution in [0.5, 0.6) is 0 Å². The number of carbonyl (C=O) groups excluding carboxylic acids is 2. The summed E-state index contributed by atoms with van der Waals surface area (Å²) in [5, 5.41) is 0. The van der Waals surface area contributed by atoms with Crippen LogP contribution in [0.25, 0.3) is 0 Å². The fourth-order valence-corrected chi connectivity index (χ4v) is 1.90. The van der Waals surface area contributed by atoms with Crippen molar-refractivity contribution in [3.8, 4) is 0 Å². The predicted molar refractivity (Wildman–Crippen MR) is 64.2 cm³/mol. The van der Waals surface area contributed by atoms with Crippen molar-refractivity contribution in [1.29, 1.82) is 0 Å². The van der Waals surface area contributed by atoms with Gasteiger partial charge < -0.3 is 4.74 Å². The van der Waals surface area contributed by atoms with E-state index in [1.807, 2.05) is 4.90 Å². The summed E-state index contributed by atoms with van der Waals surface area (Å²) < 4.78 is 5.34. The van der Waals surface area contributed by atoms with Gasteiger partial charge in [0, 0.05) is 18.7 Å². The Balaban J connectivity index is 2.95. The van der Waals surface area contributed by atoms with E-state index in [0.29, 0.717) is 6.29 Å². The monoisotopic (exact) mass is 240 g/mol. The second-order valence-electron chi connectivity index (χ2n) is 4.53. The minimum atomic E-state index is -1.30. The van der Waals surface area contributed by atoms with E-state index in [1.54, 1.807) is 25.9 Å². The highest BCUT2D eigenvalue weighted by molar-refractivity contribution is 5.88. The molecule has 1 aliphatic rings. The molecule has 96 valence electrons. The molecule has 1 rings (SSSR count). The molecule has 5 heteroatoms. The van der Waals surface area contributed by atoms with E-state index in [-0.39, 0.29) is 5.57 Å². The zero-order valence-corrected chi connectivity index (χ0v) is 10.7. The summed E-state index contributed by atoms with van der Waals surface area (Å²) in [5.74, 6) is -1.84. The summed E-state index contributed by atoms with van der Waals surface area (Å²) in [4.78, 5) is 26.6. The number of likely N-dealkylation sites (N-methyl/N-ethyl adjacent to an activating group) is 1. The van der Waals surface area contributed by atoms with Crippen molar-refractivity contribution in [3.05, 3.63) is 12.2 Å². The number of aldehydes is 1. The van der Waals surface area contributed by atoms with Crippen LogP contribution in [0.4, 0.5) is 0 Å². The Labute approximate surface area is 102 Å². The van der Waals surface area contributed by atoms with E-state index in [0.717, 1.165) is 25.9 Å². The fraction of sp³-hybridized carbons (Fsp3) is 0.667. The van der Waals surface area contributed by atoms with Gasteiger partial charge >= 0.3 is 5.97 Å². The van der Waals surface area contributed by atoms with Crippen molar-refractivity contribution in [3.63, 3.8) is 0 Å². The third-order valence-electron chi connectivity index (χ3n) is 2.94. The van der Waals surface area contributed by atoms with Crippen LogP contribution in [0.15, 0.2) is 12.2 Å². The summed E-state index contributed by atoms with van der Waals surface area (Å²) in [5.41, 5.74) is 0.289. The molecule has 1 aliphatic heterocycles. The van der Waals surface area contributed by atoms with Gasteiger partial charge in [-0.05, 0) is 33.9 Å². The fourth-order valence-electron chi connectivity index (χ4n) is 1.90. The Morgan fingerprint density at radius 2 is 1.94 bits per heavy atom. The number of likely N-dealkylation sites (tertiary alicyclic amines) is 1. The number of nitrogens with zero attached hydrogens (tertiary/aromatic N) is 2. The second kappa shape index (κ2) is 5.42. The minimum absolute atomic E-state index is 0.289. The van der Waals surface area contributed by atoms with E-state index in [9.17, 15) is 9.59 Å². The Bertz CT molecular complexity index is 322. The molecule has 0 aromatic heterocycles. The quantitative estimate of drug-likeness (QED) is 0.305. The maximum atomic E-state index is 11.6. The van der Waals surface area contributed by atoms with Crippen molar-refractivity contribution >= 4 is 12.3 Å². The number of ether oxygens (including phenoxy) is 1. The molecule has 0 spiro atoms. The van der Waals surface area contributed by atoms with Crippen LogP contribution < -0.4 is 0 Å². The van der Waals surface area contributed by atoms with E-state index in [2.05, 4.69) is 6.58 Å². The molecule has 1 fully saturated rings. The smallest absolute Gasteiger partial charge is 0.336 e. The molecule has 1 unspecified atom stereocenters. The average molecular weight is 240 g/mol. The Morgan fingerprint density at radius 1 is 1.41 bits per heavy atom. The average Bonchev–Trinajstić information content (AvgIpc) is 2.78. The molecule has 1 saturated heterocycles. The SMILES string of the molecule is C=C(C)C(=O)OC(C=O)(N(C)C)N1CCCC1. The van der Waals surface area contributed by atoms with E-state index in [4.69, 9.17) is 4.74 Å². The summed E-state index contributed by atoms with van der Waals surface area (Å²) in [6, 6.07) is 0. The highest BCUT2D eigenvalue weighted by Crippen LogP contribution is 2.24. The number of carbonyl (C=O) groups is 2. The molecule has 0 saturated carbocycles. The normalized spacial score (nSPS) is 20.0. The number of esters is 1. The first kappa shape index (κ1) is 13.9. The van der Waals surface area contributed by atoms with Crippen LogP contribution in [0.2, 0.25) is 0 Å². The summed E-state index contributed by atoms with van der Waals surface area (Å²) in [6.07, 6.45) is 2.70. The molecule has 0 radical (unpaired) electrons. The van der Waals surface area contributed by atoms with Crippen LogP contribution >= 0.6 is 0 Å².